The van der Waals surface area contributed by atoms with Gasteiger partial charge in [-0.25, -0.2) is 8.42 Å². The van der Waals surface area contributed by atoms with Gasteiger partial charge in [0.2, 0.25) is 5.89 Å². The van der Waals surface area contributed by atoms with Gasteiger partial charge in [-0.2, -0.15) is 4.98 Å². The smallest absolute Gasteiger partial charge is 0.312 e. The van der Waals surface area contributed by atoms with Crippen LogP contribution in [0.4, 0.5) is 0 Å². The van der Waals surface area contributed by atoms with Crippen LogP contribution in [0.3, 0.4) is 0 Å². The zero-order chi connectivity index (χ0) is 12.5. The summed E-state index contributed by atoms with van der Waals surface area (Å²) in [6, 6.07) is 0. The Labute approximate surface area is 97.7 Å². The number of hydrogen-bond donors (Lipinski definition) is 1. The van der Waals surface area contributed by atoms with Crippen molar-refractivity contribution in [2.45, 2.75) is 30.9 Å². The Morgan fingerprint density at radius 1 is 1.47 bits per heavy atom. The molecule has 1 atom stereocenters. The number of nitrogens with zero attached hydrogens (tertiary/aromatic N) is 2. The summed E-state index contributed by atoms with van der Waals surface area (Å²) in [6.07, 6.45) is 1.53. The van der Waals surface area contributed by atoms with Crippen LogP contribution >= 0.6 is 0 Å². The Hall–Kier alpha value is -1.44. The maximum absolute atomic E-state index is 11.8. The van der Waals surface area contributed by atoms with E-state index in [0.29, 0.717) is 12.8 Å². The van der Waals surface area contributed by atoms with Gasteiger partial charge in [-0.1, -0.05) is 11.6 Å². The van der Waals surface area contributed by atoms with Crippen LogP contribution in [0, 0.1) is 0 Å². The highest BCUT2D eigenvalue weighted by molar-refractivity contribution is 7.91. The van der Waals surface area contributed by atoms with E-state index in [2.05, 4.69) is 10.1 Å². The minimum Gasteiger partial charge on any atom is -0.481 e. The highest BCUT2D eigenvalue weighted by atomic mass is 32.2. The van der Waals surface area contributed by atoms with Crippen LogP contribution in [-0.4, -0.2) is 35.4 Å². The van der Waals surface area contributed by atoms with Crippen LogP contribution in [0.2, 0.25) is 0 Å². The van der Waals surface area contributed by atoms with Crippen molar-refractivity contribution >= 4 is 15.8 Å². The summed E-state index contributed by atoms with van der Waals surface area (Å²) in [5.74, 6) is -0.943. The minimum absolute atomic E-state index is 0.0618. The second kappa shape index (κ2) is 4.44. The normalized spacial score (nSPS) is 23.4. The van der Waals surface area contributed by atoms with E-state index in [4.69, 9.17) is 9.63 Å². The molecule has 1 aliphatic rings. The summed E-state index contributed by atoms with van der Waals surface area (Å²) >= 11 is 0. The number of carbonyl (C=O) groups is 1. The van der Waals surface area contributed by atoms with Crippen molar-refractivity contribution in [3.63, 3.8) is 0 Å². The van der Waals surface area contributed by atoms with E-state index >= 15 is 0 Å². The third kappa shape index (κ3) is 2.63. The van der Waals surface area contributed by atoms with Gasteiger partial charge in [0.25, 0.3) is 0 Å². The number of aliphatic carboxylic acids is 1. The summed E-state index contributed by atoms with van der Waals surface area (Å²) < 4.78 is 28.3. The molecule has 94 valence electrons. The first-order chi connectivity index (χ1) is 7.99. The van der Waals surface area contributed by atoms with Crippen molar-refractivity contribution in [3.8, 4) is 0 Å². The maximum Gasteiger partial charge on any atom is 0.312 e. The highest BCUT2D eigenvalue weighted by Crippen LogP contribution is 2.31. The number of carboxylic acids is 1. The Balaban J connectivity index is 2.22. The van der Waals surface area contributed by atoms with E-state index < -0.39 is 21.1 Å². The molecule has 0 aromatic carbocycles. The molecule has 8 heteroatoms. The molecule has 0 spiro atoms. The van der Waals surface area contributed by atoms with Crippen LogP contribution in [-0.2, 0) is 21.1 Å². The lowest BCUT2D eigenvalue weighted by Crippen LogP contribution is -2.22. The molecule has 0 amide bonds. The SMILES string of the molecule is O=C(O)Cc1nc(C2CCCCS2(=O)=O)no1. The topological polar surface area (TPSA) is 110 Å². The van der Waals surface area contributed by atoms with Crippen molar-refractivity contribution < 1.29 is 22.8 Å². The van der Waals surface area contributed by atoms with Crippen LogP contribution in [0.1, 0.15) is 36.2 Å². The van der Waals surface area contributed by atoms with E-state index in [1.807, 2.05) is 0 Å². The summed E-state index contributed by atoms with van der Waals surface area (Å²) in [4.78, 5) is 14.3. The molecule has 1 unspecified atom stereocenters. The average molecular weight is 260 g/mol. The Morgan fingerprint density at radius 2 is 2.24 bits per heavy atom. The standard InChI is InChI=1S/C9H12N2O5S/c12-8(13)5-7-10-9(11-16-7)6-3-1-2-4-17(6,14)15/h6H,1-5H2,(H,12,13). The van der Waals surface area contributed by atoms with Gasteiger partial charge in [0.1, 0.15) is 11.7 Å². The molecule has 1 aromatic rings. The Kier molecular flexibility index (Phi) is 3.14. The van der Waals surface area contributed by atoms with Crippen molar-refractivity contribution in [1.29, 1.82) is 0 Å². The highest BCUT2D eigenvalue weighted by Gasteiger charge is 2.34. The molecule has 2 heterocycles. The van der Waals surface area contributed by atoms with Crippen LogP contribution in [0.25, 0.3) is 0 Å². The lowest BCUT2D eigenvalue weighted by molar-refractivity contribution is -0.136. The molecule has 0 saturated carbocycles. The number of carboxylic acid groups (broad SMARTS) is 1. The first kappa shape index (κ1) is 12.0. The molecule has 0 aliphatic carbocycles. The molecule has 1 saturated heterocycles. The average Bonchev–Trinajstić information content (AvgIpc) is 2.64. The summed E-state index contributed by atoms with van der Waals surface area (Å²) in [6.45, 7) is 0. The van der Waals surface area contributed by atoms with Crippen molar-refractivity contribution in [1.82, 2.24) is 10.1 Å². The number of sulfone groups is 1. The second-order valence-corrected chi connectivity index (χ2v) is 6.27. The van der Waals surface area contributed by atoms with E-state index in [9.17, 15) is 13.2 Å². The van der Waals surface area contributed by atoms with Gasteiger partial charge in [-0.3, -0.25) is 4.79 Å². The van der Waals surface area contributed by atoms with Gasteiger partial charge in [0.05, 0.1) is 5.75 Å². The lowest BCUT2D eigenvalue weighted by atomic mass is 10.2. The van der Waals surface area contributed by atoms with Gasteiger partial charge in [-0.05, 0) is 12.8 Å². The molecule has 1 N–H and O–H groups in total. The summed E-state index contributed by atoms with van der Waals surface area (Å²) in [5, 5.41) is 11.4. The molecule has 0 bridgehead atoms. The molecule has 1 aromatic heterocycles. The molecule has 1 fully saturated rings. The lowest BCUT2D eigenvalue weighted by Gasteiger charge is -2.18. The number of rotatable bonds is 3. The van der Waals surface area contributed by atoms with Gasteiger partial charge in [0, 0.05) is 0 Å². The molecule has 17 heavy (non-hydrogen) atoms. The van der Waals surface area contributed by atoms with Crippen molar-refractivity contribution in [3.05, 3.63) is 11.7 Å². The van der Waals surface area contributed by atoms with Gasteiger partial charge < -0.3 is 9.63 Å². The zero-order valence-electron chi connectivity index (χ0n) is 9.00. The number of hydrogen-bond acceptors (Lipinski definition) is 6. The van der Waals surface area contributed by atoms with Crippen LogP contribution < -0.4 is 0 Å². The predicted octanol–water partition coefficient (Wildman–Crippen LogP) is 0.337. The fourth-order valence-electron chi connectivity index (χ4n) is 1.84. The third-order valence-corrected chi connectivity index (χ3v) is 4.82. The predicted molar refractivity (Wildman–Crippen MR) is 56.0 cm³/mol. The molecular weight excluding hydrogens is 248 g/mol. The molecule has 1 aliphatic heterocycles. The fraction of sp³-hybridized carbons (Fsp3) is 0.667. The summed E-state index contributed by atoms with van der Waals surface area (Å²) in [7, 11) is -3.22. The van der Waals surface area contributed by atoms with E-state index in [1.165, 1.54) is 0 Å². The molecule has 7 nitrogen and oxygen atoms in total. The van der Waals surface area contributed by atoms with Gasteiger partial charge in [-0.15, -0.1) is 0 Å². The van der Waals surface area contributed by atoms with Gasteiger partial charge in [0.15, 0.2) is 15.7 Å². The fourth-order valence-corrected chi connectivity index (χ4v) is 3.68. The van der Waals surface area contributed by atoms with Crippen molar-refractivity contribution in [2.75, 3.05) is 5.75 Å². The summed E-state index contributed by atoms with van der Waals surface area (Å²) in [5.41, 5.74) is 0. The Morgan fingerprint density at radius 3 is 2.88 bits per heavy atom. The van der Waals surface area contributed by atoms with E-state index in [1.54, 1.807) is 0 Å². The molecular formula is C9H12N2O5S. The third-order valence-electron chi connectivity index (χ3n) is 2.65. The Bertz CT molecular complexity index is 521. The minimum atomic E-state index is -3.22. The van der Waals surface area contributed by atoms with E-state index in [-0.39, 0.29) is 23.9 Å². The quantitative estimate of drug-likeness (QED) is 0.833. The number of aromatic nitrogens is 2. The molecule has 0 radical (unpaired) electrons. The van der Waals surface area contributed by atoms with Crippen LogP contribution in [0.15, 0.2) is 4.52 Å². The molecule has 2 rings (SSSR count). The maximum atomic E-state index is 11.8. The van der Waals surface area contributed by atoms with Gasteiger partial charge >= 0.3 is 5.97 Å². The monoisotopic (exact) mass is 260 g/mol. The second-order valence-electron chi connectivity index (χ2n) is 3.97. The van der Waals surface area contributed by atoms with E-state index in [0.717, 1.165) is 6.42 Å². The van der Waals surface area contributed by atoms with Crippen molar-refractivity contribution in [2.24, 2.45) is 0 Å². The largest absolute Gasteiger partial charge is 0.481 e. The zero-order valence-corrected chi connectivity index (χ0v) is 9.81. The van der Waals surface area contributed by atoms with Crippen LogP contribution in [0.5, 0.6) is 0 Å². The first-order valence-electron chi connectivity index (χ1n) is 5.25. The first-order valence-corrected chi connectivity index (χ1v) is 6.96.